The molecule has 0 saturated carbocycles. The van der Waals surface area contributed by atoms with Gasteiger partial charge < -0.3 is 14.4 Å². The van der Waals surface area contributed by atoms with Crippen LogP contribution < -0.4 is 0 Å². The quantitative estimate of drug-likeness (QED) is 0.874. The van der Waals surface area contributed by atoms with Gasteiger partial charge in [0.2, 0.25) is 0 Å². The molecule has 0 radical (unpaired) electrons. The van der Waals surface area contributed by atoms with Gasteiger partial charge in [-0.2, -0.15) is 0 Å². The number of aromatic carboxylic acids is 1. The molecule has 0 bridgehead atoms. The number of nitrogens with zero attached hydrogens (tertiary/aromatic N) is 1. The van der Waals surface area contributed by atoms with Crippen LogP contribution in [-0.2, 0) is 16.1 Å². The summed E-state index contributed by atoms with van der Waals surface area (Å²) in [7, 11) is 0. The minimum Gasteiger partial charge on any atom is -0.477 e. The summed E-state index contributed by atoms with van der Waals surface area (Å²) in [5.41, 5.74) is 0.191. The second-order valence-electron chi connectivity index (χ2n) is 5.57. The fourth-order valence-corrected chi connectivity index (χ4v) is 2.06. The first-order chi connectivity index (χ1) is 9.28. The molecule has 106 valence electrons. The number of carboxylic acid groups (broad SMARTS) is 1. The lowest BCUT2D eigenvalue weighted by atomic mass is 10.2. The van der Waals surface area contributed by atoms with Crippen LogP contribution in [-0.4, -0.2) is 27.2 Å². The van der Waals surface area contributed by atoms with Crippen molar-refractivity contribution in [2.45, 2.75) is 32.9 Å². The number of ether oxygens (including phenoxy) is 1. The van der Waals surface area contributed by atoms with Gasteiger partial charge >= 0.3 is 11.9 Å². The maximum Gasteiger partial charge on any atom is 0.352 e. The average molecular weight is 275 g/mol. The van der Waals surface area contributed by atoms with Crippen molar-refractivity contribution in [3.05, 3.63) is 36.0 Å². The topological polar surface area (TPSA) is 68.5 Å². The minimum absolute atomic E-state index is 0.0806. The molecular weight excluding hydrogens is 258 g/mol. The van der Waals surface area contributed by atoms with Crippen molar-refractivity contribution in [1.29, 1.82) is 0 Å². The average Bonchev–Trinajstić information content (AvgIpc) is 2.66. The number of hydrogen-bond acceptors (Lipinski definition) is 3. The lowest BCUT2D eigenvalue weighted by Gasteiger charge is -2.20. The van der Waals surface area contributed by atoms with Crippen LogP contribution in [0.5, 0.6) is 0 Å². The van der Waals surface area contributed by atoms with E-state index in [4.69, 9.17) is 4.74 Å². The minimum atomic E-state index is -1.07. The SMILES string of the molecule is CC(C)(C)OC(=O)Cn1c(C(=O)O)cc2ccccc21. The maximum atomic E-state index is 11.9. The number of fused-ring (bicyclic) bond motifs is 1. The summed E-state index contributed by atoms with van der Waals surface area (Å²) >= 11 is 0. The highest BCUT2D eigenvalue weighted by molar-refractivity contribution is 5.95. The Morgan fingerprint density at radius 2 is 1.90 bits per heavy atom. The Labute approximate surface area is 116 Å². The van der Waals surface area contributed by atoms with E-state index in [1.807, 2.05) is 12.1 Å². The van der Waals surface area contributed by atoms with Crippen LogP contribution in [0.1, 0.15) is 31.3 Å². The van der Waals surface area contributed by atoms with Crippen molar-refractivity contribution in [3.8, 4) is 0 Å². The molecule has 0 saturated heterocycles. The zero-order valence-electron chi connectivity index (χ0n) is 11.7. The van der Waals surface area contributed by atoms with Gasteiger partial charge in [0.1, 0.15) is 17.8 Å². The molecule has 0 aliphatic carbocycles. The number of hydrogen-bond donors (Lipinski definition) is 1. The largest absolute Gasteiger partial charge is 0.477 e. The van der Waals surface area contributed by atoms with Gasteiger partial charge in [0.25, 0.3) is 0 Å². The van der Waals surface area contributed by atoms with E-state index in [0.29, 0.717) is 5.52 Å². The van der Waals surface area contributed by atoms with Crippen molar-refractivity contribution in [1.82, 2.24) is 4.57 Å². The molecule has 1 aromatic heterocycles. The van der Waals surface area contributed by atoms with Crippen LogP contribution in [0.25, 0.3) is 10.9 Å². The predicted octanol–water partition coefficient (Wildman–Crippen LogP) is 2.68. The highest BCUT2D eigenvalue weighted by Crippen LogP contribution is 2.20. The Morgan fingerprint density at radius 1 is 1.25 bits per heavy atom. The van der Waals surface area contributed by atoms with Crippen LogP contribution in [0.15, 0.2) is 30.3 Å². The summed E-state index contributed by atoms with van der Waals surface area (Å²) in [6, 6.07) is 8.78. The summed E-state index contributed by atoms with van der Waals surface area (Å²) in [5.74, 6) is -1.52. The summed E-state index contributed by atoms with van der Waals surface area (Å²) in [6.07, 6.45) is 0. The van der Waals surface area contributed by atoms with Gasteiger partial charge in [0, 0.05) is 10.9 Å². The lowest BCUT2D eigenvalue weighted by Crippen LogP contribution is -2.27. The third kappa shape index (κ3) is 2.99. The van der Waals surface area contributed by atoms with E-state index in [2.05, 4.69) is 0 Å². The zero-order chi connectivity index (χ0) is 14.9. The number of carboxylic acids is 1. The van der Waals surface area contributed by atoms with E-state index in [1.54, 1.807) is 39.0 Å². The van der Waals surface area contributed by atoms with Gasteiger partial charge in [-0.1, -0.05) is 18.2 Å². The van der Waals surface area contributed by atoms with Gasteiger partial charge in [-0.15, -0.1) is 0 Å². The third-order valence-corrected chi connectivity index (χ3v) is 2.74. The molecule has 20 heavy (non-hydrogen) atoms. The summed E-state index contributed by atoms with van der Waals surface area (Å²) in [5, 5.41) is 10.0. The zero-order valence-corrected chi connectivity index (χ0v) is 11.7. The molecule has 0 fully saturated rings. The summed E-state index contributed by atoms with van der Waals surface area (Å²) < 4.78 is 6.71. The Morgan fingerprint density at radius 3 is 2.50 bits per heavy atom. The normalized spacial score (nSPS) is 11.6. The van der Waals surface area contributed by atoms with Gasteiger partial charge in [-0.05, 0) is 32.9 Å². The van der Waals surface area contributed by atoms with E-state index in [9.17, 15) is 14.7 Å². The van der Waals surface area contributed by atoms with Crippen molar-refractivity contribution in [3.63, 3.8) is 0 Å². The van der Waals surface area contributed by atoms with Gasteiger partial charge in [-0.25, -0.2) is 4.79 Å². The van der Waals surface area contributed by atoms with E-state index in [-0.39, 0.29) is 12.2 Å². The summed E-state index contributed by atoms with van der Waals surface area (Å²) in [6.45, 7) is 5.21. The summed E-state index contributed by atoms with van der Waals surface area (Å²) in [4.78, 5) is 23.2. The van der Waals surface area contributed by atoms with Crippen LogP contribution >= 0.6 is 0 Å². The Balaban J connectivity index is 2.39. The van der Waals surface area contributed by atoms with Crippen LogP contribution in [0.4, 0.5) is 0 Å². The highest BCUT2D eigenvalue weighted by atomic mass is 16.6. The van der Waals surface area contributed by atoms with Crippen LogP contribution in [0.2, 0.25) is 0 Å². The molecular formula is C15H17NO4. The smallest absolute Gasteiger partial charge is 0.352 e. The molecule has 0 aliphatic rings. The molecule has 0 atom stereocenters. The molecule has 1 heterocycles. The molecule has 2 aromatic rings. The molecule has 0 aliphatic heterocycles. The number of aromatic nitrogens is 1. The number of rotatable bonds is 3. The van der Waals surface area contributed by atoms with Crippen molar-refractivity contribution >= 4 is 22.8 Å². The highest BCUT2D eigenvalue weighted by Gasteiger charge is 2.20. The monoisotopic (exact) mass is 275 g/mol. The molecule has 0 amide bonds. The first-order valence-electron chi connectivity index (χ1n) is 6.31. The maximum absolute atomic E-state index is 11.9. The second-order valence-corrected chi connectivity index (χ2v) is 5.57. The number of carbonyl (C=O) groups is 2. The van der Waals surface area contributed by atoms with Crippen LogP contribution in [0, 0.1) is 0 Å². The molecule has 5 nitrogen and oxygen atoms in total. The Kier molecular flexibility index (Phi) is 3.53. The Bertz CT molecular complexity index is 664. The number of carbonyl (C=O) groups excluding carboxylic acids is 1. The standard InChI is InChI=1S/C15H17NO4/c1-15(2,3)20-13(17)9-16-11-7-5-4-6-10(11)8-12(16)14(18)19/h4-8H,9H2,1-3H3,(H,18,19). The molecule has 0 spiro atoms. The Hall–Kier alpha value is -2.30. The fourth-order valence-electron chi connectivity index (χ4n) is 2.06. The van der Waals surface area contributed by atoms with Crippen molar-refractivity contribution in [2.75, 3.05) is 0 Å². The fraction of sp³-hybridized carbons (Fsp3) is 0.333. The third-order valence-electron chi connectivity index (χ3n) is 2.74. The number of benzene rings is 1. The van der Waals surface area contributed by atoms with Crippen molar-refractivity contribution < 1.29 is 19.4 Å². The molecule has 1 aromatic carbocycles. The van der Waals surface area contributed by atoms with E-state index < -0.39 is 17.5 Å². The second kappa shape index (κ2) is 5.00. The van der Waals surface area contributed by atoms with Crippen LogP contribution in [0.3, 0.4) is 0 Å². The lowest BCUT2D eigenvalue weighted by molar-refractivity contribution is -0.155. The van der Waals surface area contributed by atoms with E-state index in [1.165, 1.54) is 4.57 Å². The van der Waals surface area contributed by atoms with Gasteiger partial charge in [-0.3, -0.25) is 4.79 Å². The van der Waals surface area contributed by atoms with Gasteiger partial charge in [0.05, 0.1) is 0 Å². The first-order valence-corrected chi connectivity index (χ1v) is 6.31. The van der Waals surface area contributed by atoms with Crippen molar-refractivity contribution in [2.24, 2.45) is 0 Å². The van der Waals surface area contributed by atoms with Gasteiger partial charge in [0.15, 0.2) is 0 Å². The number of esters is 1. The molecule has 0 unspecified atom stereocenters. The molecule has 2 rings (SSSR count). The predicted molar refractivity (Wildman–Crippen MR) is 74.7 cm³/mol. The number of para-hydroxylation sites is 1. The molecule has 1 N–H and O–H groups in total. The van der Waals surface area contributed by atoms with E-state index >= 15 is 0 Å². The molecule has 5 heteroatoms. The first kappa shape index (κ1) is 14.1. The van der Waals surface area contributed by atoms with E-state index in [0.717, 1.165) is 5.39 Å².